The fraction of sp³-hybridized carbons (Fsp3) is 0.0667. The molecule has 48 heavy (non-hydrogen) atoms. The Kier molecular flexibility index (Phi) is 6.48. The third kappa shape index (κ3) is 4.35. The Hall–Kier alpha value is -6.06. The van der Waals surface area contributed by atoms with E-state index < -0.39 is 0 Å². The standard InChI is InChI=1S/C45H35N3/c1-45(2)40-23-13-15-25-43(40)48-42-24-14-12-22-38(42)39-30-37(31-41(45)44(39)48)47(34-20-10-5-11-21-34)36-28-26-35(27-29-36)46(32-16-6-3-7-17-32)33-18-8-4-9-19-33/h3-31H,1-2H3. The van der Waals surface area contributed by atoms with Crippen LogP contribution in [-0.4, -0.2) is 4.57 Å². The summed E-state index contributed by atoms with van der Waals surface area (Å²) in [6.45, 7) is 4.74. The van der Waals surface area contributed by atoms with E-state index in [4.69, 9.17) is 0 Å². The average Bonchev–Trinajstić information content (AvgIpc) is 3.47. The first-order chi connectivity index (χ1) is 23.6. The van der Waals surface area contributed by atoms with E-state index in [1.807, 2.05) is 0 Å². The first-order valence-electron chi connectivity index (χ1n) is 16.6. The number of hydrogen-bond acceptors (Lipinski definition) is 2. The second-order valence-electron chi connectivity index (χ2n) is 13.1. The number of para-hydroxylation sites is 5. The number of fused-ring (bicyclic) bond motifs is 5. The van der Waals surface area contributed by atoms with E-state index in [0.717, 1.165) is 34.1 Å². The molecule has 0 radical (unpaired) electrons. The molecule has 7 aromatic carbocycles. The molecule has 0 amide bonds. The van der Waals surface area contributed by atoms with Gasteiger partial charge in [0, 0.05) is 50.3 Å². The van der Waals surface area contributed by atoms with E-state index in [2.05, 4.69) is 204 Å². The van der Waals surface area contributed by atoms with E-state index in [1.165, 1.54) is 38.6 Å². The van der Waals surface area contributed by atoms with Crippen LogP contribution in [0.15, 0.2) is 176 Å². The van der Waals surface area contributed by atoms with Crippen molar-refractivity contribution in [3.05, 3.63) is 187 Å². The van der Waals surface area contributed by atoms with Crippen molar-refractivity contribution in [2.75, 3.05) is 9.80 Å². The van der Waals surface area contributed by atoms with Crippen LogP contribution >= 0.6 is 0 Å². The highest BCUT2D eigenvalue weighted by Gasteiger charge is 2.36. The van der Waals surface area contributed by atoms with Gasteiger partial charge in [0.15, 0.2) is 0 Å². The quantitative estimate of drug-likeness (QED) is 0.184. The molecule has 0 aliphatic carbocycles. The molecule has 1 aliphatic heterocycles. The lowest BCUT2D eigenvalue weighted by Gasteiger charge is -2.36. The van der Waals surface area contributed by atoms with Gasteiger partial charge >= 0.3 is 0 Å². The molecule has 0 bridgehead atoms. The van der Waals surface area contributed by atoms with E-state index in [-0.39, 0.29) is 5.41 Å². The molecule has 0 spiro atoms. The smallest absolute Gasteiger partial charge is 0.0583 e. The Morgan fingerprint density at radius 3 is 1.44 bits per heavy atom. The maximum absolute atomic E-state index is 2.48. The Morgan fingerprint density at radius 2 is 0.854 bits per heavy atom. The number of anilines is 6. The summed E-state index contributed by atoms with van der Waals surface area (Å²) in [6.07, 6.45) is 0. The molecule has 2 heterocycles. The van der Waals surface area contributed by atoms with Gasteiger partial charge < -0.3 is 14.4 Å². The van der Waals surface area contributed by atoms with Crippen LogP contribution < -0.4 is 9.80 Å². The van der Waals surface area contributed by atoms with E-state index in [1.54, 1.807) is 0 Å². The molecule has 0 N–H and O–H groups in total. The van der Waals surface area contributed by atoms with Crippen LogP contribution in [0.1, 0.15) is 25.0 Å². The van der Waals surface area contributed by atoms with Crippen LogP contribution in [0.2, 0.25) is 0 Å². The molecule has 1 aromatic heterocycles. The summed E-state index contributed by atoms with van der Waals surface area (Å²) < 4.78 is 2.48. The first kappa shape index (κ1) is 28.2. The van der Waals surface area contributed by atoms with Crippen molar-refractivity contribution in [2.45, 2.75) is 19.3 Å². The van der Waals surface area contributed by atoms with Gasteiger partial charge in [-0.25, -0.2) is 0 Å². The molecule has 3 nitrogen and oxygen atoms in total. The minimum atomic E-state index is -0.187. The van der Waals surface area contributed by atoms with Gasteiger partial charge in [0.05, 0.1) is 16.7 Å². The molecule has 0 atom stereocenters. The summed E-state index contributed by atoms with van der Waals surface area (Å²) in [5.74, 6) is 0. The number of rotatable bonds is 6. The van der Waals surface area contributed by atoms with E-state index in [9.17, 15) is 0 Å². The molecule has 0 unspecified atom stereocenters. The van der Waals surface area contributed by atoms with E-state index >= 15 is 0 Å². The van der Waals surface area contributed by atoms with Crippen molar-refractivity contribution < 1.29 is 0 Å². The molecule has 0 saturated heterocycles. The molecular formula is C45H35N3. The highest BCUT2D eigenvalue weighted by Crippen LogP contribution is 2.50. The van der Waals surface area contributed by atoms with Gasteiger partial charge in [0.2, 0.25) is 0 Å². The average molecular weight is 618 g/mol. The molecule has 1 aliphatic rings. The largest absolute Gasteiger partial charge is 0.311 e. The van der Waals surface area contributed by atoms with Gasteiger partial charge in [-0.2, -0.15) is 0 Å². The lowest BCUT2D eigenvalue weighted by molar-refractivity contribution is 0.630. The van der Waals surface area contributed by atoms with Crippen molar-refractivity contribution >= 4 is 55.9 Å². The van der Waals surface area contributed by atoms with Crippen molar-refractivity contribution in [3.8, 4) is 5.69 Å². The van der Waals surface area contributed by atoms with Crippen LogP contribution in [0, 0.1) is 0 Å². The van der Waals surface area contributed by atoms with Crippen molar-refractivity contribution in [2.24, 2.45) is 0 Å². The molecule has 8 aromatic rings. The second-order valence-corrected chi connectivity index (χ2v) is 13.1. The van der Waals surface area contributed by atoms with Crippen molar-refractivity contribution in [3.63, 3.8) is 0 Å². The van der Waals surface area contributed by atoms with Crippen LogP contribution in [0.3, 0.4) is 0 Å². The monoisotopic (exact) mass is 617 g/mol. The summed E-state index contributed by atoms with van der Waals surface area (Å²) in [6, 6.07) is 63.4. The van der Waals surface area contributed by atoms with Gasteiger partial charge in [0.1, 0.15) is 0 Å². The third-order valence-corrected chi connectivity index (χ3v) is 9.91. The summed E-state index contributed by atoms with van der Waals surface area (Å²) in [7, 11) is 0. The van der Waals surface area contributed by atoms with Crippen LogP contribution in [-0.2, 0) is 5.41 Å². The third-order valence-electron chi connectivity index (χ3n) is 9.91. The lowest BCUT2D eigenvalue weighted by Crippen LogP contribution is -2.26. The predicted molar refractivity (Wildman–Crippen MR) is 202 cm³/mol. The van der Waals surface area contributed by atoms with Crippen LogP contribution in [0.5, 0.6) is 0 Å². The fourth-order valence-electron chi connectivity index (χ4n) is 7.66. The lowest BCUT2D eigenvalue weighted by atomic mass is 9.74. The highest BCUT2D eigenvalue weighted by molar-refractivity contribution is 6.13. The first-order valence-corrected chi connectivity index (χ1v) is 16.6. The minimum absolute atomic E-state index is 0.187. The van der Waals surface area contributed by atoms with E-state index in [0.29, 0.717) is 0 Å². The van der Waals surface area contributed by atoms with Crippen LogP contribution in [0.4, 0.5) is 34.1 Å². The SMILES string of the molecule is CC1(C)c2ccccc2-n2c3ccccc3c3cc(N(c4ccccc4)c4ccc(N(c5ccccc5)c5ccccc5)cc4)cc1c32. The maximum Gasteiger partial charge on any atom is 0.0583 e. The molecule has 0 saturated carbocycles. The zero-order valence-corrected chi connectivity index (χ0v) is 27.1. The van der Waals surface area contributed by atoms with Crippen molar-refractivity contribution in [1.82, 2.24) is 4.57 Å². The summed E-state index contributed by atoms with van der Waals surface area (Å²) >= 11 is 0. The maximum atomic E-state index is 2.48. The highest BCUT2D eigenvalue weighted by atomic mass is 15.2. The Labute approximate surface area is 281 Å². The fourth-order valence-corrected chi connectivity index (χ4v) is 7.66. The number of benzene rings is 7. The van der Waals surface area contributed by atoms with Crippen molar-refractivity contribution in [1.29, 1.82) is 0 Å². The normalized spacial score (nSPS) is 13.0. The Morgan fingerprint density at radius 1 is 0.396 bits per heavy atom. The number of aromatic nitrogens is 1. The molecule has 230 valence electrons. The topological polar surface area (TPSA) is 11.4 Å². The van der Waals surface area contributed by atoms with Gasteiger partial charge in [-0.3, -0.25) is 0 Å². The van der Waals surface area contributed by atoms with Gasteiger partial charge in [-0.05, 0) is 96.1 Å². The zero-order valence-electron chi connectivity index (χ0n) is 27.1. The molecule has 3 heteroatoms. The Bertz CT molecular complexity index is 2370. The predicted octanol–water partition coefficient (Wildman–Crippen LogP) is 12.4. The summed E-state index contributed by atoms with van der Waals surface area (Å²) in [4.78, 5) is 4.71. The number of nitrogens with zero attached hydrogens (tertiary/aromatic N) is 3. The summed E-state index contributed by atoms with van der Waals surface area (Å²) in [5, 5.41) is 2.55. The summed E-state index contributed by atoms with van der Waals surface area (Å²) in [5.41, 5.74) is 13.0. The zero-order chi connectivity index (χ0) is 32.2. The van der Waals surface area contributed by atoms with Gasteiger partial charge in [0.25, 0.3) is 0 Å². The minimum Gasteiger partial charge on any atom is -0.311 e. The number of hydrogen-bond donors (Lipinski definition) is 0. The molecule has 0 fully saturated rings. The van der Waals surface area contributed by atoms with Crippen LogP contribution in [0.25, 0.3) is 27.5 Å². The Balaban J connectivity index is 1.25. The van der Waals surface area contributed by atoms with Gasteiger partial charge in [-0.1, -0.05) is 105 Å². The van der Waals surface area contributed by atoms with Gasteiger partial charge in [-0.15, -0.1) is 0 Å². The molecular weight excluding hydrogens is 583 g/mol. The molecule has 9 rings (SSSR count). The second kappa shape index (κ2) is 11.0.